The van der Waals surface area contributed by atoms with Crippen molar-refractivity contribution in [3.05, 3.63) is 24.3 Å². The van der Waals surface area contributed by atoms with E-state index in [-0.39, 0.29) is 5.94 Å². The predicted molar refractivity (Wildman–Crippen MR) is 71.1 cm³/mol. The molecule has 0 unspecified atom stereocenters. The number of nitrogen functional groups attached to an aromatic ring is 1. The van der Waals surface area contributed by atoms with E-state index in [1.54, 1.807) is 36.0 Å². The predicted octanol–water partition coefficient (Wildman–Crippen LogP) is 0.761. The van der Waals surface area contributed by atoms with E-state index in [0.717, 1.165) is 5.56 Å². The van der Waals surface area contributed by atoms with Crippen molar-refractivity contribution in [3.63, 3.8) is 0 Å². The highest BCUT2D eigenvalue weighted by Gasteiger charge is 2.21. The molecule has 1 aliphatic rings. The molecule has 1 aromatic carbocycles. The average Bonchev–Trinajstić information content (AvgIpc) is 2.67. The number of fused-ring (bicyclic) bond motifs is 1. The van der Waals surface area contributed by atoms with Crippen LogP contribution < -0.4 is 15.2 Å². The van der Waals surface area contributed by atoms with Gasteiger partial charge in [0.15, 0.2) is 0 Å². The molecular formula is C11H12N4O3S. The summed E-state index contributed by atoms with van der Waals surface area (Å²) >= 11 is 0. The number of benzene rings is 1. The summed E-state index contributed by atoms with van der Waals surface area (Å²) in [5.74, 6) is 0.669. The fourth-order valence-electron chi connectivity index (χ4n) is 1.86. The van der Waals surface area contributed by atoms with Gasteiger partial charge in [0.2, 0.25) is 5.94 Å². The van der Waals surface area contributed by atoms with E-state index < -0.39 is 10.0 Å². The maximum Gasteiger partial charge on any atom is 0.268 e. The van der Waals surface area contributed by atoms with Crippen LogP contribution in [0.25, 0.3) is 11.3 Å². The zero-order valence-corrected chi connectivity index (χ0v) is 10.9. The van der Waals surface area contributed by atoms with Crippen molar-refractivity contribution in [3.8, 4) is 17.0 Å². The summed E-state index contributed by atoms with van der Waals surface area (Å²) in [6, 6.07) is 6.91. The van der Waals surface area contributed by atoms with Crippen molar-refractivity contribution in [2.75, 3.05) is 16.4 Å². The van der Waals surface area contributed by atoms with E-state index in [0.29, 0.717) is 22.9 Å². The number of nitrogens with one attached hydrogen (secondary N) is 1. The molecule has 0 amide bonds. The van der Waals surface area contributed by atoms with Crippen LogP contribution in [0.4, 0.5) is 11.5 Å². The molecule has 100 valence electrons. The fourth-order valence-corrected chi connectivity index (χ4v) is 2.69. The summed E-state index contributed by atoms with van der Waals surface area (Å²) in [4.78, 5) is 0. The van der Waals surface area contributed by atoms with E-state index in [1.165, 1.54) is 0 Å². The molecule has 0 saturated carbocycles. The number of anilines is 2. The molecule has 0 atom stereocenters. The molecule has 0 bridgehead atoms. The second-order valence-electron chi connectivity index (χ2n) is 4.27. The van der Waals surface area contributed by atoms with Crippen LogP contribution in [0.1, 0.15) is 0 Å². The number of hydrogen-bond donors (Lipinski definition) is 2. The molecule has 2 heterocycles. The van der Waals surface area contributed by atoms with Gasteiger partial charge in [-0.15, -0.1) is 0 Å². The lowest BCUT2D eigenvalue weighted by Gasteiger charge is -2.19. The smallest absolute Gasteiger partial charge is 0.268 e. The van der Waals surface area contributed by atoms with Crippen LogP contribution in [0, 0.1) is 0 Å². The second kappa shape index (κ2) is 3.89. The highest BCUT2D eigenvalue weighted by Crippen LogP contribution is 2.33. The zero-order valence-electron chi connectivity index (χ0n) is 10.1. The van der Waals surface area contributed by atoms with Gasteiger partial charge in [0.25, 0.3) is 10.0 Å². The molecule has 7 nitrogen and oxygen atoms in total. The minimum atomic E-state index is -3.42. The molecule has 19 heavy (non-hydrogen) atoms. The van der Waals surface area contributed by atoms with E-state index in [2.05, 4.69) is 9.82 Å². The number of aryl methyl sites for hydroxylation is 1. The number of ether oxygens (including phenoxy) is 1. The summed E-state index contributed by atoms with van der Waals surface area (Å²) < 4.78 is 32.0. The van der Waals surface area contributed by atoms with Crippen molar-refractivity contribution in [1.29, 1.82) is 0 Å². The minimum Gasteiger partial charge on any atom is -0.474 e. The van der Waals surface area contributed by atoms with Crippen LogP contribution in [0.2, 0.25) is 0 Å². The van der Waals surface area contributed by atoms with Gasteiger partial charge in [0.1, 0.15) is 11.6 Å². The summed E-state index contributed by atoms with van der Waals surface area (Å²) in [6.07, 6.45) is 0. The Balaban J connectivity index is 2.06. The van der Waals surface area contributed by atoms with Crippen LogP contribution in [-0.4, -0.2) is 24.1 Å². The molecule has 1 aromatic heterocycles. The summed E-state index contributed by atoms with van der Waals surface area (Å²) in [6.45, 7) is 0. The highest BCUT2D eigenvalue weighted by molar-refractivity contribution is 7.92. The van der Waals surface area contributed by atoms with Gasteiger partial charge in [0, 0.05) is 18.7 Å². The van der Waals surface area contributed by atoms with Crippen LogP contribution in [0.15, 0.2) is 24.3 Å². The monoisotopic (exact) mass is 280 g/mol. The topological polar surface area (TPSA) is 99.2 Å². The van der Waals surface area contributed by atoms with Crippen LogP contribution in [0.3, 0.4) is 0 Å². The normalized spacial score (nSPS) is 16.3. The lowest BCUT2D eigenvalue weighted by Crippen LogP contribution is -2.25. The maximum atomic E-state index is 11.4. The average molecular weight is 280 g/mol. The van der Waals surface area contributed by atoms with Gasteiger partial charge in [-0.05, 0) is 18.2 Å². The van der Waals surface area contributed by atoms with E-state index >= 15 is 0 Å². The number of nitrogens with two attached hydrogens (primary N) is 1. The standard InChI is InChI=1S/C11H12N4O3S/c1-15-11(12)5-8(13-15)7-2-3-10-9(4-7)14-19(16,17)6-18-10/h2-5,14H,6,12H2,1H3. The van der Waals surface area contributed by atoms with Gasteiger partial charge in [-0.3, -0.25) is 9.40 Å². The molecular weight excluding hydrogens is 268 g/mol. The molecule has 0 saturated heterocycles. The Labute approximate surface area is 110 Å². The molecule has 0 radical (unpaired) electrons. The third kappa shape index (κ3) is 2.10. The molecule has 3 rings (SSSR count). The number of aromatic nitrogens is 2. The largest absolute Gasteiger partial charge is 0.474 e. The SMILES string of the molecule is Cn1nc(-c2ccc3c(c2)NS(=O)(=O)CO3)cc1N. The summed E-state index contributed by atoms with van der Waals surface area (Å²) in [5.41, 5.74) is 7.57. The Kier molecular flexibility index (Phi) is 2.42. The quantitative estimate of drug-likeness (QED) is 0.803. The molecule has 2 aromatic rings. The van der Waals surface area contributed by atoms with Crippen LogP contribution in [-0.2, 0) is 17.1 Å². The maximum absolute atomic E-state index is 11.4. The van der Waals surface area contributed by atoms with Crippen molar-refractivity contribution < 1.29 is 13.2 Å². The van der Waals surface area contributed by atoms with Crippen LogP contribution in [0.5, 0.6) is 5.75 Å². The molecule has 0 aliphatic carbocycles. The Morgan fingerprint density at radius 3 is 2.89 bits per heavy atom. The van der Waals surface area contributed by atoms with Crippen LogP contribution >= 0.6 is 0 Å². The van der Waals surface area contributed by atoms with Gasteiger partial charge in [-0.2, -0.15) is 5.10 Å². The first-order chi connectivity index (χ1) is 8.94. The van der Waals surface area contributed by atoms with Crippen molar-refractivity contribution >= 4 is 21.5 Å². The fraction of sp³-hybridized carbons (Fsp3) is 0.182. The zero-order chi connectivity index (χ0) is 13.6. The van der Waals surface area contributed by atoms with E-state index in [1.807, 2.05) is 0 Å². The number of rotatable bonds is 1. The van der Waals surface area contributed by atoms with E-state index in [4.69, 9.17) is 10.5 Å². The molecule has 3 N–H and O–H groups in total. The third-order valence-electron chi connectivity index (χ3n) is 2.83. The van der Waals surface area contributed by atoms with Gasteiger partial charge in [-0.25, -0.2) is 8.42 Å². The van der Waals surface area contributed by atoms with Gasteiger partial charge in [-0.1, -0.05) is 0 Å². The molecule has 0 spiro atoms. The Morgan fingerprint density at radius 1 is 1.42 bits per heavy atom. The molecule has 8 heteroatoms. The number of nitrogens with zero attached hydrogens (tertiary/aromatic N) is 2. The summed E-state index contributed by atoms with van der Waals surface area (Å²) in [5, 5.41) is 4.24. The van der Waals surface area contributed by atoms with E-state index in [9.17, 15) is 8.42 Å². The lowest BCUT2D eigenvalue weighted by molar-refractivity contribution is 0.374. The number of hydrogen-bond acceptors (Lipinski definition) is 5. The summed E-state index contributed by atoms with van der Waals surface area (Å²) in [7, 11) is -1.68. The lowest BCUT2D eigenvalue weighted by atomic mass is 10.1. The highest BCUT2D eigenvalue weighted by atomic mass is 32.2. The third-order valence-corrected chi connectivity index (χ3v) is 3.79. The molecule has 0 fully saturated rings. The van der Waals surface area contributed by atoms with Gasteiger partial charge in [0.05, 0.1) is 11.4 Å². The Bertz CT molecular complexity index is 732. The first kappa shape index (κ1) is 11.8. The minimum absolute atomic E-state index is 0.365. The van der Waals surface area contributed by atoms with Gasteiger partial charge >= 0.3 is 0 Å². The first-order valence-corrected chi connectivity index (χ1v) is 7.17. The molecule has 1 aliphatic heterocycles. The number of sulfonamides is 1. The van der Waals surface area contributed by atoms with Gasteiger partial charge < -0.3 is 10.5 Å². The first-order valence-electron chi connectivity index (χ1n) is 5.52. The van der Waals surface area contributed by atoms with Crippen molar-refractivity contribution in [2.45, 2.75) is 0 Å². The Hall–Kier alpha value is -2.22. The van der Waals surface area contributed by atoms with Crippen molar-refractivity contribution in [2.24, 2.45) is 7.05 Å². The van der Waals surface area contributed by atoms with Crippen molar-refractivity contribution in [1.82, 2.24) is 9.78 Å². The second-order valence-corrected chi connectivity index (χ2v) is 5.94. The Morgan fingerprint density at radius 2 is 2.21 bits per heavy atom.